The number of aromatic nitrogens is 1. The fraction of sp³-hybridized carbons (Fsp3) is 0.524. The summed E-state index contributed by atoms with van der Waals surface area (Å²) in [6.45, 7) is 11.0. The Morgan fingerprint density at radius 2 is 1.82 bits per heavy atom. The predicted molar refractivity (Wildman–Crippen MR) is 105 cm³/mol. The van der Waals surface area contributed by atoms with Crippen molar-refractivity contribution in [2.24, 2.45) is 5.92 Å². The first-order valence-corrected chi connectivity index (χ1v) is 9.77. The number of carbonyl (C=O) groups excluding carboxylic acids is 2. The Labute approximate surface area is 165 Å². The van der Waals surface area contributed by atoms with Gasteiger partial charge in [0, 0.05) is 37.6 Å². The third-order valence-corrected chi connectivity index (χ3v) is 5.06. The summed E-state index contributed by atoms with van der Waals surface area (Å²) >= 11 is 0. The number of amides is 2. The maximum atomic E-state index is 13.0. The first-order valence-electron chi connectivity index (χ1n) is 9.77. The van der Waals surface area contributed by atoms with Crippen molar-refractivity contribution in [3.05, 3.63) is 47.2 Å². The van der Waals surface area contributed by atoms with Crippen molar-refractivity contribution in [2.45, 2.75) is 34.2 Å². The van der Waals surface area contributed by atoms with E-state index in [0.717, 1.165) is 17.1 Å². The molecule has 1 aliphatic rings. The average molecular weight is 387 g/mol. The number of rotatable bonds is 5. The number of furan rings is 1. The summed E-state index contributed by atoms with van der Waals surface area (Å²) in [6, 6.07) is 5.73. The molecule has 0 bridgehead atoms. The van der Waals surface area contributed by atoms with Crippen LogP contribution in [0.15, 0.2) is 28.9 Å². The zero-order chi connectivity index (χ0) is 20.3. The minimum atomic E-state index is -0.294. The van der Waals surface area contributed by atoms with Crippen molar-refractivity contribution in [3.8, 4) is 0 Å². The highest BCUT2D eigenvalue weighted by atomic mass is 16.6. The van der Waals surface area contributed by atoms with E-state index in [1.54, 1.807) is 11.2 Å². The van der Waals surface area contributed by atoms with Gasteiger partial charge in [0.15, 0.2) is 0 Å². The Balaban J connectivity index is 1.62. The SMILES string of the molecule is Cc1cc(C(=O)N2CCN(C(=O)OCC(C)C)CC2)c(C)n1Cc1ccco1. The highest BCUT2D eigenvalue weighted by molar-refractivity contribution is 5.96. The average Bonchev–Trinajstić information content (AvgIpc) is 3.29. The zero-order valence-electron chi connectivity index (χ0n) is 17.1. The molecule has 3 rings (SSSR count). The van der Waals surface area contributed by atoms with Crippen LogP contribution >= 0.6 is 0 Å². The van der Waals surface area contributed by atoms with Gasteiger partial charge in [0.1, 0.15) is 5.76 Å². The first kappa shape index (κ1) is 20.0. The molecule has 1 fully saturated rings. The molecule has 0 saturated carbocycles. The molecule has 0 N–H and O–H groups in total. The molecule has 0 unspecified atom stereocenters. The summed E-state index contributed by atoms with van der Waals surface area (Å²) in [5.74, 6) is 1.17. The molecule has 7 heteroatoms. The van der Waals surface area contributed by atoms with E-state index >= 15 is 0 Å². The Kier molecular flexibility index (Phi) is 6.11. The lowest BCUT2D eigenvalue weighted by Crippen LogP contribution is -2.50. The van der Waals surface area contributed by atoms with E-state index < -0.39 is 0 Å². The van der Waals surface area contributed by atoms with E-state index in [-0.39, 0.29) is 12.0 Å². The lowest BCUT2D eigenvalue weighted by atomic mass is 10.2. The summed E-state index contributed by atoms with van der Waals surface area (Å²) < 4.78 is 12.8. The Hall–Kier alpha value is -2.70. The normalized spacial score (nSPS) is 14.6. The van der Waals surface area contributed by atoms with Crippen LogP contribution in [0.25, 0.3) is 0 Å². The van der Waals surface area contributed by atoms with Gasteiger partial charge in [-0.2, -0.15) is 0 Å². The zero-order valence-corrected chi connectivity index (χ0v) is 17.1. The molecule has 0 atom stereocenters. The molecule has 28 heavy (non-hydrogen) atoms. The Bertz CT molecular complexity index is 815. The number of piperazine rings is 1. The second kappa shape index (κ2) is 8.54. The monoisotopic (exact) mass is 387 g/mol. The molecule has 3 heterocycles. The smallest absolute Gasteiger partial charge is 0.409 e. The second-order valence-corrected chi connectivity index (χ2v) is 7.70. The van der Waals surface area contributed by atoms with Gasteiger partial charge in [-0.1, -0.05) is 13.8 Å². The van der Waals surface area contributed by atoms with Crippen LogP contribution in [0.5, 0.6) is 0 Å². The number of aryl methyl sites for hydroxylation is 1. The van der Waals surface area contributed by atoms with E-state index in [9.17, 15) is 9.59 Å². The van der Waals surface area contributed by atoms with Crippen LogP contribution in [-0.2, 0) is 11.3 Å². The molecule has 0 spiro atoms. The minimum absolute atomic E-state index is 0.00833. The van der Waals surface area contributed by atoms with Gasteiger partial charge < -0.3 is 23.5 Å². The maximum Gasteiger partial charge on any atom is 0.409 e. The summed E-state index contributed by atoms with van der Waals surface area (Å²) in [7, 11) is 0. The van der Waals surface area contributed by atoms with Gasteiger partial charge in [-0.05, 0) is 38.0 Å². The third-order valence-electron chi connectivity index (χ3n) is 5.06. The summed E-state index contributed by atoms with van der Waals surface area (Å²) in [5.41, 5.74) is 2.66. The van der Waals surface area contributed by atoms with Gasteiger partial charge in [-0.15, -0.1) is 0 Å². The lowest BCUT2D eigenvalue weighted by molar-refractivity contribution is 0.0534. The maximum absolute atomic E-state index is 13.0. The van der Waals surface area contributed by atoms with Crippen LogP contribution in [0.2, 0.25) is 0 Å². The fourth-order valence-electron chi connectivity index (χ4n) is 3.41. The third kappa shape index (κ3) is 4.40. The first-order chi connectivity index (χ1) is 13.4. The second-order valence-electron chi connectivity index (χ2n) is 7.70. The predicted octanol–water partition coefficient (Wildman–Crippen LogP) is 3.30. The lowest BCUT2D eigenvalue weighted by Gasteiger charge is -2.34. The van der Waals surface area contributed by atoms with Crippen LogP contribution in [0.1, 0.15) is 41.4 Å². The van der Waals surface area contributed by atoms with Crippen molar-refractivity contribution in [2.75, 3.05) is 32.8 Å². The number of hydrogen-bond donors (Lipinski definition) is 0. The van der Waals surface area contributed by atoms with Crippen LogP contribution < -0.4 is 0 Å². The van der Waals surface area contributed by atoms with Gasteiger partial charge >= 0.3 is 6.09 Å². The molecule has 7 nitrogen and oxygen atoms in total. The molecule has 0 radical (unpaired) electrons. The van der Waals surface area contributed by atoms with Crippen LogP contribution in [0.4, 0.5) is 4.79 Å². The van der Waals surface area contributed by atoms with Crippen molar-refractivity contribution in [1.29, 1.82) is 0 Å². The van der Waals surface area contributed by atoms with Gasteiger partial charge in [0.25, 0.3) is 5.91 Å². The standard InChI is InChI=1S/C21H29N3O4/c1-15(2)14-28-21(26)23-9-7-22(8-10-23)20(25)19-12-16(3)24(17(19)4)13-18-6-5-11-27-18/h5-6,11-12,15H,7-10,13-14H2,1-4H3. The highest BCUT2D eigenvalue weighted by Gasteiger charge is 2.27. The van der Waals surface area contributed by atoms with Crippen molar-refractivity contribution in [1.82, 2.24) is 14.4 Å². The van der Waals surface area contributed by atoms with E-state index in [0.29, 0.717) is 50.8 Å². The molecule has 2 amide bonds. The van der Waals surface area contributed by atoms with Crippen LogP contribution in [-0.4, -0.2) is 59.2 Å². The van der Waals surface area contributed by atoms with Crippen LogP contribution in [0.3, 0.4) is 0 Å². The minimum Gasteiger partial charge on any atom is -0.467 e. The largest absolute Gasteiger partial charge is 0.467 e. The highest BCUT2D eigenvalue weighted by Crippen LogP contribution is 2.20. The van der Waals surface area contributed by atoms with Gasteiger partial charge in [-0.25, -0.2) is 4.79 Å². The number of nitrogens with zero attached hydrogens (tertiary/aromatic N) is 3. The van der Waals surface area contributed by atoms with E-state index in [4.69, 9.17) is 9.15 Å². The molecular weight excluding hydrogens is 358 g/mol. The molecule has 2 aromatic rings. The van der Waals surface area contributed by atoms with E-state index in [1.807, 2.05) is 50.8 Å². The van der Waals surface area contributed by atoms with Crippen molar-refractivity contribution < 1.29 is 18.7 Å². The van der Waals surface area contributed by atoms with Crippen LogP contribution in [0, 0.1) is 19.8 Å². The Morgan fingerprint density at radius 3 is 2.43 bits per heavy atom. The van der Waals surface area contributed by atoms with Gasteiger partial charge in [-0.3, -0.25) is 4.79 Å². The quantitative estimate of drug-likeness (QED) is 0.789. The van der Waals surface area contributed by atoms with E-state index in [2.05, 4.69) is 4.57 Å². The Morgan fingerprint density at radius 1 is 1.14 bits per heavy atom. The molecule has 0 aliphatic carbocycles. The topological polar surface area (TPSA) is 67.9 Å². The molecule has 2 aromatic heterocycles. The van der Waals surface area contributed by atoms with E-state index in [1.165, 1.54) is 0 Å². The summed E-state index contributed by atoms with van der Waals surface area (Å²) in [6.07, 6.45) is 1.36. The molecule has 152 valence electrons. The van der Waals surface area contributed by atoms with Gasteiger partial charge in [0.2, 0.25) is 0 Å². The number of ether oxygens (including phenoxy) is 1. The fourth-order valence-corrected chi connectivity index (χ4v) is 3.41. The summed E-state index contributed by atoms with van der Waals surface area (Å²) in [4.78, 5) is 28.6. The molecule has 1 aliphatic heterocycles. The summed E-state index contributed by atoms with van der Waals surface area (Å²) in [5, 5.41) is 0. The molecular formula is C21H29N3O4. The molecule has 0 aromatic carbocycles. The number of carbonyl (C=O) groups is 2. The molecule has 1 saturated heterocycles. The number of hydrogen-bond acceptors (Lipinski definition) is 4. The van der Waals surface area contributed by atoms with Crippen molar-refractivity contribution in [3.63, 3.8) is 0 Å². The van der Waals surface area contributed by atoms with Gasteiger partial charge in [0.05, 0.1) is 25.0 Å². The van der Waals surface area contributed by atoms with Crippen molar-refractivity contribution >= 4 is 12.0 Å².